The van der Waals surface area contributed by atoms with E-state index in [1.165, 1.54) is 0 Å². The molecule has 0 saturated carbocycles. The van der Waals surface area contributed by atoms with E-state index in [2.05, 4.69) is 5.32 Å². The number of amides is 1. The lowest BCUT2D eigenvalue weighted by Gasteiger charge is -2.22. The fourth-order valence-electron chi connectivity index (χ4n) is 2.19. The van der Waals surface area contributed by atoms with Crippen LogP contribution >= 0.6 is 0 Å². The molecule has 2 fully saturated rings. The van der Waals surface area contributed by atoms with Gasteiger partial charge in [0.25, 0.3) is 5.91 Å². The van der Waals surface area contributed by atoms with Crippen LogP contribution < -0.4 is 11.1 Å². The van der Waals surface area contributed by atoms with E-state index in [0.717, 1.165) is 37.3 Å². The van der Waals surface area contributed by atoms with E-state index in [1.54, 1.807) is 0 Å². The van der Waals surface area contributed by atoms with E-state index in [9.17, 15) is 9.59 Å². The second-order valence-corrected chi connectivity index (χ2v) is 4.60. The van der Waals surface area contributed by atoms with Crippen molar-refractivity contribution in [2.75, 3.05) is 13.1 Å². The molecule has 96 valence electrons. The summed E-state index contributed by atoms with van der Waals surface area (Å²) >= 11 is 0. The summed E-state index contributed by atoms with van der Waals surface area (Å²) in [6.45, 7) is 1.28. The third-order valence-electron chi connectivity index (χ3n) is 3.23. The van der Waals surface area contributed by atoms with Crippen molar-refractivity contribution in [1.29, 1.82) is 0 Å². The van der Waals surface area contributed by atoms with Gasteiger partial charge in [-0.25, -0.2) is 4.79 Å². The maximum absolute atomic E-state index is 11.8. The molecule has 2 aliphatic rings. The molecule has 3 N–H and O–H groups in total. The normalized spacial score (nSPS) is 30.2. The topological polar surface area (TPSA) is 84.7 Å². The molecule has 0 bridgehead atoms. The molecule has 0 aromatic carbocycles. The molecule has 0 spiro atoms. The SMILES string of the molecule is N[C@@H]1CCCCN(OC(=O)C2CCCN2)C1=O. The first-order valence-electron chi connectivity index (χ1n) is 6.20. The third-order valence-corrected chi connectivity index (χ3v) is 3.23. The van der Waals surface area contributed by atoms with Gasteiger partial charge < -0.3 is 15.9 Å². The number of hydrogen-bond acceptors (Lipinski definition) is 5. The second-order valence-electron chi connectivity index (χ2n) is 4.60. The molecular weight excluding hydrogens is 222 g/mol. The minimum absolute atomic E-state index is 0.276. The van der Waals surface area contributed by atoms with Gasteiger partial charge in [-0.15, -0.1) is 0 Å². The summed E-state index contributed by atoms with van der Waals surface area (Å²) in [6, 6.07) is -0.816. The van der Waals surface area contributed by atoms with Gasteiger partial charge in [-0.05, 0) is 38.6 Å². The Morgan fingerprint density at radius 3 is 2.88 bits per heavy atom. The van der Waals surface area contributed by atoms with E-state index in [4.69, 9.17) is 10.6 Å². The van der Waals surface area contributed by atoms with Crippen molar-refractivity contribution in [1.82, 2.24) is 10.4 Å². The summed E-state index contributed by atoms with van der Waals surface area (Å²) in [5.41, 5.74) is 5.70. The standard InChI is InChI=1S/C11H19N3O3/c12-8-4-1-2-7-14(10(8)15)17-11(16)9-5-3-6-13-9/h8-9,13H,1-7,12H2/t8-,9?/m1/s1. The van der Waals surface area contributed by atoms with Crippen LogP contribution in [0.3, 0.4) is 0 Å². The Morgan fingerprint density at radius 1 is 1.35 bits per heavy atom. The number of nitrogens with one attached hydrogen (secondary N) is 1. The molecule has 6 heteroatoms. The van der Waals surface area contributed by atoms with Crippen molar-refractivity contribution in [3.63, 3.8) is 0 Å². The molecule has 17 heavy (non-hydrogen) atoms. The van der Waals surface area contributed by atoms with Crippen molar-refractivity contribution >= 4 is 11.9 Å². The van der Waals surface area contributed by atoms with Gasteiger partial charge in [0.1, 0.15) is 6.04 Å². The lowest BCUT2D eigenvalue weighted by atomic mass is 10.1. The van der Waals surface area contributed by atoms with Gasteiger partial charge in [0.05, 0.1) is 12.6 Å². The minimum Gasteiger partial charge on any atom is -0.336 e. The Balaban J connectivity index is 1.91. The number of nitrogens with two attached hydrogens (primary N) is 1. The Hall–Kier alpha value is -1.14. The molecule has 6 nitrogen and oxygen atoms in total. The maximum atomic E-state index is 11.8. The Kier molecular flexibility index (Phi) is 3.96. The predicted octanol–water partition coefficient (Wildman–Crippen LogP) is -0.464. The predicted molar refractivity (Wildman–Crippen MR) is 60.7 cm³/mol. The lowest BCUT2D eigenvalue weighted by Crippen LogP contribution is -2.46. The first kappa shape index (κ1) is 12.3. The molecular formula is C11H19N3O3. The summed E-state index contributed by atoms with van der Waals surface area (Å²) in [5, 5.41) is 4.18. The molecule has 2 atom stereocenters. The summed E-state index contributed by atoms with van der Waals surface area (Å²) in [6.07, 6.45) is 4.11. The van der Waals surface area contributed by atoms with Crippen molar-refractivity contribution in [2.24, 2.45) is 5.73 Å². The van der Waals surface area contributed by atoms with E-state index >= 15 is 0 Å². The van der Waals surface area contributed by atoms with E-state index in [-0.39, 0.29) is 17.9 Å². The number of nitrogens with zero attached hydrogens (tertiary/aromatic N) is 1. The van der Waals surface area contributed by atoms with Crippen LogP contribution in [0.2, 0.25) is 0 Å². The van der Waals surface area contributed by atoms with Gasteiger partial charge in [-0.2, -0.15) is 5.06 Å². The first-order valence-corrected chi connectivity index (χ1v) is 6.20. The molecule has 2 rings (SSSR count). The van der Waals surface area contributed by atoms with Crippen LogP contribution in [0.1, 0.15) is 32.1 Å². The molecule has 0 aromatic rings. The molecule has 2 heterocycles. The van der Waals surface area contributed by atoms with Crippen LogP contribution in [-0.2, 0) is 14.4 Å². The van der Waals surface area contributed by atoms with E-state index in [1.807, 2.05) is 0 Å². The molecule has 1 amide bonds. The average Bonchev–Trinajstić information content (AvgIpc) is 2.80. The molecule has 0 aliphatic carbocycles. The summed E-state index contributed by atoms with van der Waals surface area (Å²) in [4.78, 5) is 28.7. The largest absolute Gasteiger partial charge is 0.349 e. The lowest BCUT2D eigenvalue weighted by molar-refractivity contribution is -0.199. The van der Waals surface area contributed by atoms with Crippen molar-refractivity contribution in [2.45, 2.75) is 44.2 Å². The van der Waals surface area contributed by atoms with E-state index in [0.29, 0.717) is 13.0 Å². The van der Waals surface area contributed by atoms with Gasteiger partial charge in [-0.3, -0.25) is 4.79 Å². The zero-order valence-corrected chi connectivity index (χ0v) is 9.85. The van der Waals surface area contributed by atoms with E-state index < -0.39 is 6.04 Å². The molecule has 2 saturated heterocycles. The van der Waals surface area contributed by atoms with Crippen molar-refractivity contribution in [3.05, 3.63) is 0 Å². The molecule has 1 unspecified atom stereocenters. The molecule has 0 radical (unpaired) electrons. The number of carbonyl (C=O) groups is 2. The molecule has 0 aromatic heterocycles. The highest BCUT2D eigenvalue weighted by molar-refractivity contribution is 5.83. The van der Waals surface area contributed by atoms with Gasteiger partial charge in [-0.1, -0.05) is 0 Å². The van der Waals surface area contributed by atoms with Crippen LogP contribution in [0.15, 0.2) is 0 Å². The maximum Gasteiger partial charge on any atom is 0.349 e. The number of rotatable bonds is 2. The monoisotopic (exact) mass is 241 g/mol. The van der Waals surface area contributed by atoms with Crippen LogP contribution in [0.25, 0.3) is 0 Å². The zero-order valence-electron chi connectivity index (χ0n) is 9.85. The minimum atomic E-state index is -0.540. The Bertz CT molecular complexity index is 302. The molecule has 2 aliphatic heterocycles. The highest BCUT2D eigenvalue weighted by Gasteiger charge is 2.30. The fraction of sp³-hybridized carbons (Fsp3) is 0.818. The first-order chi connectivity index (χ1) is 8.18. The highest BCUT2D eigenvalue weighted by atomic mass is 16.7. The number of hydroxylamine groups is 2. The Morgan fingerprint density at radius 2 is 2.18 bits per heavy atom. The average molecular weight is 241 g/mol. The van der Waals surface area contributed by atoms with Gasteiger partial charge >= 0.3 is 5.97 Å². The summed E-state index contributed by atoms with van der Waals surface area (Å²) in [5.74, 6) is -0.654. The summed E-state index contributed by atoms with van der Waals surface area (Å²) < 4.78 is 0. The van der Waals surface area contributed by atoms with Gasteiger partial charge in [0.2, 0.25) is 0 Å². The quantitative estimate of drug-likeness (QED) is 0.683. The van der Waals surface area contributed by atoms with Crippen molar-refractivity contribution < 1.29 is 14.4 Å². The van der Waals surface area contributed by atoms with Crippen LogP contribution in [0, 0.1) is 0 Å². The second kappa shape index (κ2) is 5.46. The van der Waals surface area contributed by atoms with Crippen molar-refractivity contribution in [3.8, 4) is 0 Å². The van der Waals surface area contributed by atoms with Gasteiger partial charge in [0, 0.05) is 0 Å². The summed E-state index contributed by atoms with van der Waals surface area (Å²) in [7, 11) is 0. The Labute approximate surface area is 100 Å². The smallest absolute Gasteiger partial charge is 0.336 e. The fourth-order valence-corrected chi connectivity index (χ4v) is 2.19. The van der Waals surface area contributed by atoms with Crippen LogP contribution in [0.4, 0.5) is 0 Å². The zero-order chi connectivity index (χ0) is 12.3. The number of hydrogen-bond donors (Lipinski definition) is 2. The van der Waals surface area contributed by atoms with Gasteiger partial charge in [0.15, 0.2) is 0 Å². The van der Waals surface area contributed by atoms with Crippen LogP contribution in [0.5, 0.6) is 0 Å². The number of carbonyl (C=O) groups excluding carboxylic acids is 2. The highest BCUT2D eigenvalue weighted by Crippen LogP contribution is 2.13. The third kappa shape index (κ3) is 2.95. The van der Waals surface area contributed by atoms with Crippen LogP contribution in [-0.4, -0.2) is 42.1 Å².